The number of hydrogen-bond donors (Lipinski definition) is 0. The lowest BCUT2D eigenvalue weighted by molar-refractivity contribution is 0.120. The molecule has 0 unspecified atom stereocenters. The molecular formula is C18H29N5. The number of rotatable bonds is 2. The molecule has 0 amide bonds. The topological polar surface area (TPSA) is 35.5 Å². The Morgan fingerprint density at radius 2 is 1.78 bits per heavy atom. The van der Waals surface area contributed by atoms with Crippen molar-refractivity contribution in [3.05, 3.63) is 17.5 Å². The molecule has 126 valence electrons. The van der Waals surface area contributed by atoms with Crippen LogP contribution in [0.15, 0.2) is 6.20 Å². The van der Waals surface area contributed by atoms with Gasteiger partial charge in [-0.1, -0.05) is 6.42 Å². The smallest absolute Gasteiger partial charge is 0.225 e. The standard InChI is InChI=1S/C18H29N5/c1-21-8-3-6-17-15(7-9-21)14-19-18(20-17)23-12-10-22(11-13-23)16-4-2-5-16/h14,16H,2-13H2,1H3. The molecule has 3 heterocycles. The second-order valence-corrected chi connectivity index (χ2v) is 7.41. The summed E-state index contributed by atoms with van der Waals surface area (Å²) in [5.41, 5.74) is 2.65. The molecule has 5 nitrogen and oxygen atoms in total. The van der Waals surface area contributed by atoms with Gasteiger partial charge in [0.25, 0.3) is 0 Å². The summed E-state index contributed by atoms with van der Waals surface area (Å²) < 4.78 is 0. The monoisotopic (exact) mass is 315 g/mol. The molecule has 2 aliphatic heterocycles. The third kappa shape index (κ3) is 3.36. The van der Waals surface area contributed by atoms with E-state index in [2.05, 4.69) is 27.9 Å². The van der Waals surface area contributed by atoms with Crippen LogP contribution in [-0.4, -0.2) is 72.1 Å². The van der Waals surface area contributed by atoms with E-state index in [9.17, 15) is 0 Å². The van der Waals surface area contributed by atoms with E-state index in [4.69, 9.17) is 9.97 Å². The summed E-state index contributed by atoms with van der Waals surface area (Å²) in [6.07, 6.45) is 9.71. The van der Waals surface area contributed by atoms with Crippen molar-refractivity contribution in [2.45, 2.75) is 44.6 Å². The third-order valence-corrected chi connectivity index (χ3v) is 5.85. The molecule has 0 aromatic carbocycles. The van der Waals surface area contributed by atoms with Crippen molar-refractivity contribution in [2.75, 3.05) is 51.2 Å². The van der Waals surface area contributed by atoms with E-state index in [-0.39, 0.29) is 0 Å². The summed E-state index contributed by atoms with van der Waals surface area (Å²) in [5.74, 6) is 0.964. The summed E-state index contributed by atoms with van der Waals surface area (Å²) in [6, 6.07) is 0.867. The second-order valence-electron chi connectivity index (χ2n) is 7.41. The van der Waals surface area contributed by atoms with Gasteiger partial charge in [-0.2, -0.15) is 0 Å². The molecule has 3 aliphatic rings. The van der Waals surface area contributed by atoms with Gasteiger partial charge >= 0.3 is 0 Å². The highest BCUT2D eigenvalue weighted by Crippen LogP contribution is 2.26. The number of piperazine rings is 1. The lowest BCUT2D eigenvalue weighted by Crippen LogP contribution is -2.52. The zero-order valence-corrected chi connectivity index (χ0v) is 14.4. The highest BCUT2D eigenvalue weighted by Gasteiger charge is 2.28. The van der Waals surface area contributed by atoms with Gasteiger partial charge in [0.2, 0.25) is 5.95 Å². The van der Waals surface area contributed by atoms with Crippen molar-refractivity contribution >= 4 is 5.95 Å². The van der Waals surface area contributed by atoms with Gasteiger partial charge in [-0.15, -0.1) is 0 Å². The largest absolute Gasteiger partial charge is 0.338 e. The van der Waals surface area contributed by atoms with Gasteiger partial charge in [-0.25, -0.2) is 9.97 Å². The summed E-state index contributed by atoms with van der Waals surface area (Å²) in [4.78, 5) is 17.1. The maximum absolute atomic E-state index is 4.95. The molecule has 1 aliphatic carbocycles. The lowest BCUT2D eigenvalue weighted by atomic mass is 9.91. The summed E-state index contributed by atoms with van der Waals surface area (Å²) >= 11 is 0. The van der Waals surface area contributed by atoms with Crippen LogP contribution in [0, 0.1) is 0 Å². The SMILES string of the molecule is CN1CCCc2nc(N3CCN(C4CCC4)CC3)ncc2CC1. The first-order valence-corrected chi connectivity index (χ1v) is 9.32. The number of likely N-dealkylation sites (N-methyl/N-ethyl adjacent to an activating group) is 1. The lowest BCUT2D eigenvalue weighted by Gasteiger charge is -2.43. The molecule has 0 N–H and O–H groups in total. The van der Waals surface area contributed by atoms with E-state index < -0.39 is 0 Å². The van der Waals surface area contributed by atoms with E-state index in [1.54, 1.807) is 0 Å². The van der Waals surface area contributed by atoms with E-state index in [1.807, 2.05) is 0 Å². The molecule has 1 saturated heterocycles. The third-order valence-electron chi connectivity index (χ3n) is 5.85. The highest BCUT2D eigenvalue weighted by molar-refractivity contribution is 5.34. The number of aromatic nitrogens is 2. The van der Waals surface area contributed by atoms with Crippen LogP contribution in [0.2, 0.25) is 0 Å². The highest BCUT2D eigenvalue weighted by atomic mass is 15.3. The first kappa shape index (κ1) is 15.3. The summed E-state index contributed by atoms with van der Waals surface area (Å²) in [6.45, 7) is 6.82. The normalized spacial score (nSPS) is 24.7. The molecule has 0 atom stereocenters. The van der Waals surface area contributed by atoms with Gasteiger partial charge in [0.15, 0.2) is 0 Å². The zero-order chi connectivity index (χ0) is 15.6. The predicted molar refractivity (Wildman–Crippen MR) is 93.0 cm³/mol. The van der Waals surface area contributed by atoms with Crippen LogP contribution in [0.3, 0.4) is 0 Å². The zero-order valence-electron chi connectivity index (χ0n) is 14.4. The Bertz CT molecular complexity index is 534. The van der Waals surface area contributed by atoms with E-state index in [0.717, 1.165) is 44.5 Å². The Balaban J connectivity index is 1.42. The molecule has 23 heavy (non-hydrogen) atoms. The van der Waals surface area contributed by atoms with E-state index in [0.29, 0.717) is 0 Å². The minimum atomic E-state index is 0.867. The second kappa shape index (κ2) is 6.73. The average molecular weight is 315 g/mol. The Labute approximate surface area is 139 Å². The molecule has 1 aromatic rings. The number of aryl methyl sites for hydroxylation is 1. The first-order valence-electron chi connectivity index (χ1n) is 9.32. The number of anilines is 1. The Kier molecular flexibility index (Phi) is 4.49. The van der Waals surface area contributed by atoms with Crippen molar-refractivity contribution in [3.63, 3.8) is 0 Å². The molecule has 0 radical (unpaired) electrons. The molecule has 2 fully saturated rings. The summed E-state index contributed by atoms with van der Waals surface area (Å²) in [7, 11) is 2.21. The fraction of sp³-hybridized carbons (Fsp3) is 0.778. The quantitative estimate of drug-likeness (QED) is 0.828. The molecule has 5 heteroatoms. The minimum Gasteiger partial charge on any atom is -0.338 e. The van der Waals surface area contributed by atoms with Gasteiger partial charge in [-0.05, 0) is 51.3 Å². The Hall–Kier alpha value is -1.20. The van der Waals surface area contributed by atoms with Crippen LogP contribution in [0.5, 0.6) is 0 Å². The number of nitrogens with zero attached hydrogens (tertiary/aromatic N) is 5. The molecule has 1 saturated carbocycles. The van der Waals surface area contributed by atoms with Crippen LogP contribution < -0.4 is 4.90 Å². The van der Waals surface area contributed by atoms with Crippen LogP contribution in [0.1, 0.15) is 36.9 Å². The van der Waals surface area contributed by atoms with Gasteiger partial charge in [0, 0.05) is 50.7 Å². The van der Waals surface area contributed by atoms with Crippen molar-refractivity contribution in [3.8, 4) is 0 Å². The van der Waals surface area contributed by atoms with Gasteiger partial charge in [0.05, 0.1) is 0 Å². The van der Waals surface area contributed by atoms with Crippen molar-refractivity contribution in [1.82, 2.24) is 19.8 Å². The average Bonchev–Trinajstić information content (AvgIpc) is 2.51. The van der Waals surface area contributed by atoms with Crippen molar-refractivity contribution in [2.24, 2.45) is 0 Å². The maximum Gasteiger partial charge on any atom is 0.225 e. The Morgan fingerprint density at radius 3 is 2.52 bits per heavy atom. The van der Waals surface area contributed by atoms with Crippen molar-refractivity contribution < 1.29 is 0 Å². The molecule has 0 spiro atoms. The molecule has 1 aromatic heterocycles. The van der Waals surface area contributed by atoms with Crippen LogP contribution >= 0.6 is 0 Å². The maximum atomic E-state index is 4.95. The minimum absolute atomic E-state index is 0.867. The number of hydrogen-bond acceptors (Lipinski definition) is 5. The molecular weight excluding hydrogens is 286 g/mol. The predicted octanol–water partition coefficient (Wildman–Crippen LogP) is 1.57. The van der Waals surface area contributed by atoms with Gasteiger partial charge in [0.1, 0.15) is 0 Å². The van der Waals surface area contributed by atoms with Gasteiger partial charge in [-0.3, -0.25) is 4.90 Å². The first-order chi connectivity index (χ1) is 11.3. The molecule has 4 rings (SSSR count). The fourth-order valence-corrected chi connectivity index (χ4v) is 3.99. The summed E-state index contributed by atoms with van der Waals surface area (Å²) in [5, 5.41) is 0. The van der Waals surface area contributed by atoms with Crippen LogP contribution in [0.25, 0.3) is 0 Å². The Morgan fingerprint density at radius 1 is 0.957 bits per heavy atom. The number of fused-ring (bicyclic) bond motifs is 1. The van der Waals surface area contributed by atoms with Crippen LogP contribution in [-0.2, 0) is 12.8 Å². The van der Waals surface area contributed by atoms with Crippen LogP contribution in [0.4, 0.5) is 5.95 Å². The van der Waals surface area contributed by atoms with Crippen molar-refractivity contribution in [1.29, 1.82) is 0 Å². The van der Waals surface area contributed by atoms with E-state index >= 15 is 0 Å². The van der Waals surface area contributed by atoms with E-state index in [1.165, 1.54) is 56.6 Å². The fourth-order valence-electron chi connectivity index (χ4n) is 3.99. The molecule has 0 bridgehead atoms. The van der Waals surface area contributed by atoms with Gasteiger partial charge < -0.3 is 9.80 Å².